The SMILES string of the molecule is NC(=O)CSc1ccccc1NC(=O)CCc1cccc(Cl)c1. The summed E-state index contributed by atoms with van der Waals surface area (Å²) in [5.74, 6) is -0.302. The van der Waals surface area contributed by atoms with Gasteiger partial charge in [0.1, 0.15) is 0 Å². The molecule has 0 spiro atoms. The van der Waals surface area contributed by atoms with E-state index in [9.17, 15) is 9.59 Å². The molecule has 2 rings (SSSR count). The number of thioether (sulfide) groups is 1. The van der Waals surface area contributed by atoms with Crippen LogP contribution >= 0.6 is 23.4 Å². The fourth-order valence-corrected chi connectivity index (χ4v) is 2.97. The fraction of sp³-hybridized carbons (Fsp3) is 0.176. The minimum Gasteiger partial charge on any atom is -0.369 e. The number of nitrogens with two attached hydrogens (primary N) is 1. The Bertz CT molecular complexity index is 706. The van der Waals surface area contributed by atoms with E-state index in [0.29, 0.717) is 23.6 Å². The standard InChI is InChI=1S/C17H17ClN2O2S/c18-13-5-3-4-12(10-13)8-9-17(22)20-14-6-1-2-7-15(14)23-11-16(19)21/h1-7,10H,8-9,11H2,(H2,19,21)(H,20,22). The van der Waals surface area contributed by atoms with Crippen LogP contribution in [0.5, 0.6) is 0 Å². The number of halogens is 1. The molecule has 3 N–H and O–H groups in total. The second-order valence-corrected chi connectivity index (χ2v) is 6.38. The number of aryl methyl sites for hydroxylation is 1. The van der Waals surface area contributed by atoms with E-state index >= 15 is 0 Å². The van der Waals surface area contributed by atoms with E-state index in [1.54, 1.807) is 12.1 Å². The summed E-state index contributed by atoms with van der Waals surface area (Å²) in [6, 6.07) is 14.8. The van der Waals surface area contributed by atoms with E-state index in [2.05, 4.69) is 5.32 Å². The number of hydrogen-bond donors (Lipinski definition) is 2. The monoisotopic (exact) mass is 348 g/mol. The predicted molar refractivity (Wildman–Crippen MR) is 94.8 cm³/mol. The average Bonchev–Trinajstić information content (AvgIpc) is 2.52. The Morgan fingerprint density at radius 1 is 1.13 bits per heavy atom. The zero-order chi connectivity index (χ0) is 16.7. The quantitative estimate of drug-likeness (QED) is 0.752. The van der Waals surface area contributed by atoms with Crippen molar-refractivity contribution >= 4 is 40.9 Å². The summed E-state index contributed by atoms with van der Waals surface area (Å²) in [6.45, 7) is 0. The number of amides is 2. The first-order valence-corrected chi connectivity index (χ1v) is 8.45. The van der Waals surface area contributed by atoms with Gasteiger partial charge in [0.2, 0.25) is 11.8 Å². The molecule has 2 aromatic carbocycles. The summed E-state index contributed by atoms with van der Waals surface area (Å²) in [5.41, 5.74) is 6.87. The molecule has 0 fully saturated rings. The number of carbonyl (C=O) groups excluding carboxylic acids is 2. The number of nitrogens with one attached hydrogen (secondary N) is 1. The summed E-state index contributed by atoms with van der Waals surface area (Å²) >= 11 is 7.24. The molecule has 0 saturated carbocycles. The van der Waals surface area contributed by atoms with E-state index in [0.717, 1.165) is 10.5 Å². The Morgan fingerprint density at radius 2 is 1.91 bits per heavy atom. The Hall–Kier alpha value is -1.98. The second kappa shape index (κ2) is 8.60. The van der Waals surface area contributed by atoms with Crippen LogP contribution in [-0.2, 0) is 16.0 Å². The van der Waals surface area contributed by atoms with Gasteiger partial charge in [-0.3, -0.25) is 9.59 Å². The molecule has 0 heterocycles. The van der Waals surface area contributed by atoms with Crippen LogP contribution in [0, 0.1) is 0 Å². The first-order valence-electron chi connectivity index (χ1n) is 7.09. The lowest BCUT2D eigenvalue weighted by Crippen LogP contribution is -2.15. The van der Waals surface area contributed by atoms with Crippen molar-refractivity contribution in [3.8, 4) is 0 Å². The maximum Gasteiger partial charge on any atom is 0.227 e. The van der Waals surface area contributed by atoms with Crippen LogP contribution in [0.4, 0.5) is 5.69 Å². The number of hydrogen-bond acceptors (Lipinski definition) is 3. The van der Waals surface area contributed by atoms with E-state index in [4.69, 9.17) is 17.3 Å². The van der Waals surface area contributed by atoms with Crippen molar-refractivity contribution in [1.82, 2.24) is 0 Å². The van der Waals surface area contributed by atoms with Gasteiger partial charge in [0, 0.05) is 16.3 Å². The zero-order valence-electron chi connectivity index (χ0n) is 12.4. The molecule has 2 amide bonds. The molecule has 2 aromatic rings. The third-order valence-electron chi connectivity index (χ3n) is 3.06. The van der Waals surface area contributed by atoms with Crippen LogP contribution in [0.15, 0.2) is 53.4 Å². The normalized spacial score (nSPS) is 10.3. The molecule has 0 aromatic heterocycles. The highest BCUT2D eigenvalue weighted by atomic mass is 35.5. The molecule has 0 saturated heterocycles. The molecule has 0 aliphatic carbocycles. The Labute approximate surface area is 144 Å². The summed E-state index contributed by atoms with van der Waals surface area (Å²) < 4.78 is 0. The minimum absolute atomic E-state index is 0.0860. The number of anilines is 1. The van der Waals surface area contributed by atoms with Crippen molar-refractivity contribution in [1.29, 1.82) is 0 Å². The second-order valence-electron chi connectivity index (χ2n) is 4.93. The third kappa shape index (κ3) is 5.96. The van der Waals surface area contributed by atoms with Crippen molar-refractivity contribution in [3.05, 3.63) is 59.1 Å². The third-order valence-corrected chi connectivity index (χ3v) is 4.39. The lowest BCUT2D eigenvalue weighted by molar-refractivity contribution is -0.116. The molecular weight excluding hydrogens is 332 g/mol. The molecule has 0 unspecified atom stereocenters. The molecule has 0 atom stereocenters. The van der Waals surface area contributed by atoms with Gasteiger partial charge in [-0.1, -0.05) is 35.9 Å². The first-order chi connectivity index (χ1) is 11.0. The average molecular weight is 349 g/mol. The van der Waals surface area contributed by atoms with E-state index < -0.39 is 5.91 Å². The van der Waals surface area contributed by atoms with Crippen LogP contribution in [0.25, 0.3) is 0 Å². The summed E-state index contributed by atoms with van der Waals surface area (Å²) in [6.07, 6.45) is 0.970. The summed E-state index contributed by atoms with van der Waals surface area (Å²) in [4.78, 5) is 23.8. The fourth-order valence-electron chi connectivity index (χ4n) is 2.01. The summed E-state index contributed by atoms with van der Waals surface area (Å²) in [5, 5.41) is 3.54. The van der Waals surface area contributed by atoms with Gasteiger partial charge in [-0.2, -0.15) is 0 Å². The smallest absolute Gasteiger partial charge is 0.227 e. The van der Waals surface area contributed by atoms with E-state index in [1.165, 1.54) is 11.8 Å². The van der Waals surface area contributed by atoms with E-state index in [1.807, 2.05) is 36.4 Å². The molecular formula is C17H17ClN2O2S. The Kier molecular flexibility index (Phi) is 6.50. The molecule has 6 heteroatoms. The largest absolute Gasteiger partial charge is 0.369 e. The summed E-state index contributed by atoms with van der Waals surface area (Å²) in [7, 11) is 0. The highest BCUT2D eigenvalue weighted by Gasteiger charge is 2.08. The van der Waals surface area contributed by atoms with Crippen LogP contribution in [0.1, 0.15) is 12.0 Å². The zero-order valence-corrected chi connectivity index (χ0v) is 14.0. The molecule has 0 radical (unpaired) electrons. The Morgan fingerprint density at radius 3 is 2.65 bits per heavy atom. The number of benzene rings is 2. The van der Waals surface area contributed by atoms with Crippen molar-refractivity contribution < 1.29 is 9.59 Å². The van der Waals surface area contributed by atoms with Crippen LogP contribution in [0.2, 0.25) is 5.02 Å². The van der Waals surface area contributed by atoms with Crippen LogP contribution in [0.3, 0.4) is 0 Å². The molecule has 4 nitrogen and oxygen atoms in total. The van der Waals surface area contributed by atoms with Gasteiger partial charge in [0.25, 0.3) is 0 Å². The van der Waals surface area contributed by atoms with Crippen molar-refractivity contribution in [2.75, 3.05) is 11.1 Å². The first kappa shape index (κ1) is 17.4. The van der Waals surface area contributed by atoms with Gasteiger partial charge >= 0.3 is 0 Å². The van der Waals surface area contributed by atoms with Crippen LogP contribution in [-0.4, -0.2) is 17.6 Å². The number of primary amides is 1. The lowest BCUT2D eigenvalue weighted by Gasteiger charge is -2.10. The predicted octanol–water partition coefficient (Wildman–Crippen LogP) is 3.49. The highest BCUT2D eigenvalue weighted by molar-refractivity contribution is 8.00. The van der Waals surface area contributed by atoms with E-state index in [-0.39, 0.29) is 11.7 Å². The van der Waals surface area contributed by atoms with Crippen molar-refractivity contribution in [2.45, 2.75) is 17.7 Å². The molecule has 0 bridgehead atoms. The Balaban J connectivity index is 1.93. The lowest BCUT2D eigenvalue weighted by atomic mass is 10.1. The van der Waals surface area contributed by atoms with Crippen molar-refractivity contribution in [3.63, 3.8) is 0 Å². The minimum atomic E-state index is -0.392. The van der Waals surface area contributed by atoms with Gasteiger partial charge in [-0.25, -0.2) is 0 Å². The van der Waals surface area contributed by atoms with Gasteiger partial charge in [-0.05, 0) is 36.2 Å². The molecule has 23 heavy (non-hydrogen) atoms. The number of carbonyl (C=O) groups is 2. The van der Waals surface area contributed by atoms with Gasteiger partial charge in [-0.15, -0.1) is 11.8 Å². The van der Waals surface area contributed by atoms with Crippen LogP contribution < -0.4 is 11.1 Å². The molecule has 0 aliphatic heterocycles. The highest BCUT2D eigenvalue weighted by Crippen LogP contribution is 2.26. The van der Waals surface area contributed by atoms with Gasteiger partial charge in [0.15, 0.2) is 0 Å². The topological polar surface area (TPSA) is 72.2 Å². The van der Waals surface area contributed by atoms with Gasteiger partial charge < -0.3 is 11.1 Å². The maximum atomic E-state index is 12.1. The van der Waals surface area contributed by atoms with Gasteiger partial charge in [0.05, 0.1) is 11.4 Å². The number of para-hydroxylation sites is 1. The van der Waals surface area contributed by atoms with Crippen molar-refractivity contribution in [2.24, 2.45) is 5.73 Å². The number of rotatable bonds is 7. The molecule has 120 valence electrons. The maximum absolute atomic E-state index is 12.1. The molecule has 0 aliphatic rings.